The quantitative estimate of drug-likeness (QED) is 0.420. The zero-order valence-electron chi connectivity index (χ0n) is 17.6. The molecule has 0 radical (unpaired) electrons. The minimum absolute atomic E-state index is 0.0139. The molecule has 1 aliphatic rings. The molecule has 3 atom stereocenters. The van der Waals surface area contributed by atoms with Crippen molar-refractivity contribution in [3.05, 3.63) is 87.2 Å². The van der Waals surface area contributed by atoms with Crippen molar-refractivity contribution < 1.29 is 14.7 Å². The number of aliphatic carboxylic acids is 1. The smallest absolute Gasteiger partial charge is 0.304 e. The fourth-order valence-electron chi connectivity index (χ4n) is 4.55. The first-order valence-electron chi connectivity index (χ1n) is 10.2. The second kappa shape index (κ2) is 9.29. The Morgan fingerprint density at radius 2 is 1.82 bits per heavy atom. The van der Waals surface area contributed by atoms with Gasteiger partial charge in [-0.05, 0) is 59.5 Å². The summed E-state index contributed by atoms with van der Waals surface area (Å²) in [7, 11) is 0. The highest BCUT2D eigenvalue weighted by molar-refractivity contribution is 6.31. The molecule has 0 saturated carbocycles. The van der Waals surface area contributed by atoms with Crippen LogP contribution in [0.15, 0.2) is 60.8 Å². The van der Waals surface area contributed by atoms with Crippen molar-refractivity contribution in [2.75, 3.05) is 4.90 Å². The average molecular weight is 505 g/mol. The Kier molecular flexibility index (Phi) is 6.61. The van der Waals surface area contributed by atoms with E-state index in [0.717, 1.165) is 11.1 Å². The van der Waals surface area contributed by atoms with Crippen molar-refractivity contribution in [1.29, 1.82) is 0 Å². The zero-order valence-corrected chi connectivity index (χ0v) is 19.8. The third-order valence-corrected chi connectivity index (χ3v) is 6.62. The van der Waals surface area contributed by atoms with E-state index in [1.54, 1.807) is 31.2 Å². The first-order valence-corrected chi connectivity index (χ1v) is 11.4. The van der Waals surface area contributed by atoms with Gasteiger partial charge in [0.2, 0.25) is 11.2 Å². The molecule has 0 aliphatic carbocycles. The van der Waals surface area contributed by atoms with Crippen LogP contribution in [0.2, 0.25) is 15.3 Å². The van der Waals surface area contributed by atoms with Crippen molar-refractivity contribution in [3.8, 4) is 0 Å². The number of carbonyl (C=O) groups excluding carboxylic acids is 1. The van der Waals surface area contributed by atoms with Crippen LogP contribution in [0.4, 0.5) is 5.82 Å². The molecule has 1 saturated heterocycles. The Morgan fingerprint density at radius 1 is 1.09 bits per heavy atom. The van der Waals surface area contributed by atoms with Crippen molar-refractivity contribution in [2.45, 2.75) is 31.7 Å². The number of carboxylic acid groups (broad SMARTS) is 1. The molecular formula is C24H20Cl3N3O3. The number of aromatic nitrogens is 2. The van der Waals surface area contributed by atoms with E-state index in [1.807, 2.05) is 30.3 Å². The van der Waals surface area contributed by atoms with E-state index in [4.69, 9.17) is 34.8 Å². The highest BCUT2D eigenvalue weighted by atomic mass is 35.5. The fraction of sp³-hybridized carbons (Fsp3) is 0.250. The molecule has 170 valence electrons. The van der Waals surface area contributed by atoms with Crippen LogP contribution in [0.3, 0.4) is 0 Å². The lowest BCUT2D eigenvalue weighted by atomic mass is 9.67. The molecule has 1 fully saturated rings. The predicted octanol–water partition coefficient (Wildman–Crippen LogP) is 6.18. The molecule has 9 heteroatoms. The molecule has 4 rings (SSSR count). The Labute approximate surface area is 206 Å². The Morgan fingerprint density at radius 3 is 2.45 bits per heavy atom. The molecule has 2 heterocycles. The van der Waals surface area contributed by atoms with Crippen molar-refractivity contribution in [2.24, 2.45) is 5.41 Å². The number of benzene rings is 2. The number of amides is 1. The van der Waals surface area contributed by atoms with Gasteiger partial charge in [-0.25, -0.2) is 9.97 Å². The maximum atomic E-state index is 13.9. The Bertz CT molecular complexity index is 1200. The highest BCUT2D eigenvalue weighted by Crippen LogP contribution is 2.52. The van der Waals surface area contributed by atoms with Crippen LogP contribution in [0.1, 0.15) is 42.9 Å². The lowest BCUT2D eigenvalue weighted by Crippen LogP contribution is -2.53. The number of rotatable bonds is 5. The van der Waals surface area contributed by atoms with Crippen molar-refractivity contribution in [1.82, 2.24) is 9.97 Å². The van der Waals surface area contributed by atoms with Crippen LogP contribution < -0.4 is 4.90 Å². The predicted molar refractivity (Wildman–Crippen MR) is 128 cm³/mol. The lowest BCUT2D eigenvalue weighted by Gasteiger charge is -2.48. The monoisotopic (exact) mass is 503 g/mol. The first kappa shape index (κ1) is 23.5. The molecular weight excluding hydrogens is 485 g/mol. The van der Waals surface area contributed by atoms with Crippen LogP contribution in [-0.2, 0) is 9.59 Å². The molecule has 1 aromatic heterocycles. The maximum absolute atomic E-state index is 13.9. The maximum Gasteiger partial charge on any atom is 0.304 e. The van der Waals surface area contributed by atoms with E-state index < -0.39 is 17.4 Å². The second-order valence-corrected chi connectivity index (χ2v) is 9.56. The van der Waals surface area contributed by atoms with E-state index in [0.29, 0.717) is 22.3 Å². The molecule has 33 heavy (non-hydrogen) atoms. The number of anilines is 1. The van der Waals surface area contributed by atoms with Gasteiger partial charge in [-0.3, -0.25) is 14.5 Å². The number of carbonyl (C=O) groups is 2. The van der Waals surface area contributed by atoms with E-state index in [-0.39, 0.29) is 23.5 Å². The third-order valence-electron chi connectivity index (χ3n) is 5.95. The Hall–Kier alpha value is -2.67. The van der Waals surface area contributed by atoms with Gasteiger partial charge in [-0.1, -0.05) is 54.4 Å². The van der Waals surface area contributed by atoms with Crippen LogP contribution in [-0.4, -0.2) is 27.0 Å². The van der Waals surface area contributed by atoms with Gasteiger partial charge in [0.25, 0.3) is 0 Å². The topological polar surface area (TPSA) is 83.4 Å². The molecule has 0 bridgehead atoms. The van der Waals surface area contributed by atoms with E-state index >= 15 is 0 Å². The highest BCUT2D eigenvalue weighted by Gasteiger charge is 2.51. The van der Waals surface area contributed by atoms with Gasteiger partial charge in [-0.15, -0.1) is 0 Å². The summed E-state index contributed by atoms with van der Waals surface area (Å²) in [6.45, 7) is 1.68. The van der Waals surface area contributed by atoms with Gasteiger partial charge in [0, 0.05) is 22.2 Å². The summed E-state index contributed by atoms with van der Waals surface area (Å²) < 4.78 is 0. The Balaban J connectivity index is 1.96. The van der Waals surface area contributed by atoms with Crippen molar-refractivity contribution >= 4 is 52.5 Å². The number of nitrogens with zero attached hydrogens (tertiary/aromatic N) is 3. The molecule has 1 amide bonds. The SMILES string of the molecule is CC1(CC(=O)O)CC(c2cccc(Cl)c2)C(c2ccc(Cl)cc2)N(c2ccnc(Cl)n2)C1=O. The van der Waals surface area contributed by atoms with Gasteiger partial charge in [-0.2, -0.15) is 0 Å². The van der Waals surface area contributed by atoms with Gasteiger partial charge in [0.1, 0.15) is 5.82 Å². The van der Waals surface area contributed by atoms with E-state index in [1.165, 1.54) is 11.1 Å². The average Bonchev–Trinajstić information content (AvgIpc) is 2.75. The van der Waals surface area contributed by atoms with Gasteiger partial charge in [0.15, 0.2) is 0 Å². The largest absolute Gasteiger partial charge is 0.481 e. The van der Waals surface area contributed by atoms with Crippen molar-refractivity contribution in [3.63, 3.8) is 0 Å². The summed E-state index contributed by atoms with van der Waals surface area (Å²) in [6, 6.07) is 15.7. The minimum atomic E-state index is -1.18. The van der Waals surface area contributed by atoms with Crippen LogP contribution in [0.25, 0.3) is 0 Å². The second-order valence-electron chi connectivity index (χ2n) is 8.35. The van der Waals surface area contributed by atoms with Gasteiger partial charge in [0.05, 0.1) is 17.9 Å². The number of carboxylic acids is 1. The zero-order chi connectivity index (χ0) is 23.8. The van der Waals surface area contributed by atoms with Gasteiger partial charge < -0.3 is 5.11 Å². The number of piperidine rings is 1. The van der Waals surface area contributed by atoms with E-state index in [2.05, 4.69) is 9.97 Å². The number of halogens is 3. The summed E-state index contributed by atoms with van der Waals surface area (Å²) in [4.78, 5) is 35.4. The molecule has 3 unspecified atom stereocenters. The summed E-state index contributed by atoms with van der Waals surface area (Å²) in [5, 5.41) is 10.7. The van der Waals surface area contributed by atoms with Crippen LogP contribution in [0.5, 0.6) is 0 Å². The summed E-state index contributed by atoms with van der Waals surface area (Å²) in [6.07, 6.45) is 1.45. The van der Waals surface area contributed by atoms with Crippen LogP contribution in [0, 0.1) is 5.41 Å². The summed E-state index contributed by atoms with van der Waals surface area (Å²) in [5.41, 5.74) is 0.528. The normalized spacial score (nSPS) is 22.9. The summed E-state index contributed by atoms with van der Waals surface area (Å²) >= 11 is 18.5. The van der Waals surface area contributed by atoms with E-state index in [9.17, 15) is 14.7 Å². The number of hydrogen-bond donors (Lipinski definition) is 1. The molecule has 1 N–H and O–H groups in total. The molecule has 1 aliphatic heterocycles. The standard InChI is InChI=1S/C24H20Cl3N3O3/c1-24(13-20(31)32)12-18(15-3-2-4-17(26)11-15)21(14-5-7-16(25)8-6-14)30(22(24)33)19-9-10-28-23(27)29-19/h2-11,18,21H,12-13H2,1H3,(H,31,32). The van der Waals surface area contributed by atoms with Gasteiger partial charge >= 0.3 is 5.97 Å². The summed E-state index contributed by atoms with van der Waals surface area (Å²) in [5.74, 6) is -1.39. The molecule has 3 aromatic rings. The fourth-order valence-corrected chi connectivity index (χ4v) is 5.02. The minimum Gasteiger partial charge on any atom is -0.481 e. The van der Waals surface area contributed by atoms with Crippen LogP contribution >= 0.6 is 34.8 Å². The number of hydrogen-bond acceptors (Lipinski definition) is 4. The molecule has 0 spiro atoms. The third kappa shape index (κ3) is 4.83. The molecule has 2 aromatic carbocycles. The first-order chi connectivity index (χ1) is 15.7. The molecule has 6 nitrogen and oxygen atoms in total. The lowest BCUT2D eigenvalue weighted by molar-refractivity contribution is -0.145.